The molecule has 0 spiro atoms. The van der Waals surface area contributed by atoms with E-state index in [0.29, 0.717) is 10.8 Å². The van der Waals surface area contributed by atoms with Crippen LogP contribution in [0.4, 0.5) is 0 Å². The average Bonchev–Trinajstić information content (AvgIpc) is 3.13. The Morgan fingerprint density at radius 3 is 2.26 bits per heavy atom. The molecule has 0 saturated carbocycles. The SMILES string of the molecule is CCCCNC(=O)C(Cc1ccccc1)N(Cc1ccc(C)cc1)C(=O)CN1C(=O)c2ccccc2S1(=O)=O. The second kappa shape index (κ2) is 12.3. The van der Waals surface area contributed by atoms with E-state index in [2.05, 4.69) is 5.32 Å². The van der Waals surface area contributed by atoms with Gasteiger partial charge in [-0.2, -0.15) is 0 Å². The maximum atomic E-state index is 13.9. The average molecular weight is 548 g/mol. The van der Waals surface area contributed by atoms with Crippen LogP contribution in [-0.2, 0) is 32.6 Å². The maximum Gasteiger partial charge on any atom is 0.269 e. The van der Waals surface area contributed by atoms with Crippen LogP contribution >= 0.6 is 0 Å². The first-order valence-corrected chi connectivity index (χ1v) is 14.5. The Hall–Kier alpha value is -3.98. The molecular formula is C30H33N3O5S. The van der Waals surface area contributed by atoms with Crippen LogP contribution in [0.3, 0.4) is 0 Å². The van der Waals surface area contributed by atoms with Crippen molar-refractivity contribution in [1.29, 1.82) is 0 Å². The number of aryl methyl sites for hydroxylation is 1. The third-order valence-corrected chi connectivity index (χ3v) is 8.55. The van der Waals surface area contributed by atoms with Gasteiger partial charge in [0.2, 0.25) is 11.8 Å². The molecule has 9 heteroatoms. The Bertz CT molecular complexity index is 1440. The van der Waals surface area contributed by atoms with Crippen molar-refractivity contribution in [3.05, 3.63) is 101 Å². The van der Waals surface area contributed by atoms with Crippen molar-refractivity contribution in [3.63, 3.8) is 0 Å². The number of benzene rings is 3. The summed E-state index contributed by atoms with van der Waals surface area (Å²) in [6, 6.07) is 21.9. The monoisotopic (exact) mass is 547 g/mol. The molecule has 8 nitrogen and oxygen atoms in total. The van der Waals surface area contributed by atoms with Crippen molar-refractivity contribution < 1.29 is 22.8 Å². The van der Waals surface area contributed by atoms with E-state index < -0.39 is 34.4 Å². The van der Waals surface area contributed by atoms with Crippen molar-refractivity contribution in [2.75, 3.05) is 13.1 Å². The van der Waals surface area contributed by atoms with Gasteiger partial charge < -0.3 is 10.2 Å². The number of fused-ring (bicyclic) bond motifs is 1. The maximum absolute atomic E-state index is 13.9. The zero-order valence-electron chi connectivity index (χ0n) is 22.2. The number of rotatable bonds is 11. The van der Waals surface area contributed by atoms with Crippen LogP contribution in [0.25, 0.3) is 0 Å². The van der Waals surface area contributed by atoms with E-state index in [1.165, 1.54) is 23.1 Å². The fraction of sp³-hybridized carbons (Fsp3) is 0.300. The van der Waals surface area contributed by atoms with Crippen LogP contribution < -0.4 is 5.32 Å². The van der Waals surface area contributed by atoms with Gasteiger partial charge in [0.25, 0.3) is 15.9 Å². The summed E-state index contributed by atoms with van der Waals surface area (Å²) in [5.74, 6) is -1.71. The molecule has 204 valence electrons. The smallest absolute Gasteiger partial charge is 0.269 e. The van der Waals surface area contributed by atoms with Crippen molar-refractivity contribution in [2.45, 2.75) is 50.6 Å². The summed E-state index contributed by atoms with van der Waals surface area (Å²) in [7, 11) is -4.19. The van der Waals surface area contributed by atoms with Gasteiger partial charge in [0.1, 0.15) is 17.5 Å². The van der Waals surface area contributed by atoms with E-state index in [4.69, 9.17) is 0 Å². The molecule has 3 aromatic rings. The zero-order chi connectivity index (χ0) is 28.0. The van der Waals surface area contributed by atoms with Gasteiger partial charge in [0.15, 0.2) is 0 Å². The second-order valence-electron chi connectivity index (χ2n) is 9.67. The van der Waals surface area contributed by atoms with Gasteiger partial charge >= 0.3 is 0 Å². The van der Waals surface area contributed by atoms with Gasteiger partial charge in [0.05, 0.1) is 5.56 Å². The highest BCUT2D eigenvalue weighted by Crippen LogP contribution is 2.30. The van der Waals surface area contributed by atoms with Gasteiger partial charge in [-0.05, 0) is 36.6 Å². The molecule has 3 aromatic carbocycles. The first-order valence-electron chi connectivity index (χ1n) is 13.0. The molecule has 1 aliphatic heterocycles. The first-order chi connectivity index (χ1) is 18.7. The van der Waals surface area contributed by atoms with Crippen LogP contribution in [-0.4, -0.2) is 54.5 Å². The molecule has 0 bridgehead atoms. The molecule has 1 unspecified atom stereocenters. The Morgan fingerprint density at radius 2 is 1.59 bits per heavy atom. The van der Waals surface area contributed by atoms with Gasteiger partial charge in [-0.3, -0.25) is 14.4 Å². The molecule has 0 aromatic heterocycles. The molecule has 1 aliphatic rings. The number of nitrogens with one attached hydrogen (secondary N) is 1. The van der Waals surface area contributed by atoms with E-state index in [1.54, 1.807) is 6.07 Å². The van der Waals surface area contributed by atoms with Gasteiger partial charge in [-0.15, -0.1) is 0 Å². The summed E-state index contributed by atoms with van der Waals surface area (Å²) in [5.41, 5.74) is 2.72. The standard InChI is InChI=1S/C30H33N3O5S/c1-3-4-18-31-29(35)26(19-23-10-6-5-7-11-23)32(20-24-16-14-22(2)15-17-24)28(34)21-33-30(36)25-12-8-9-13-27(25)39(33,37)38/h5-17,26H,3-4,18-21H2,1-2H3,(H,31,35). The molecule has 3 amide bonds. The van der Waals surface area contributed by atoms with E-state index in [9.17, 15) is 22.8 Å². The largest absolute Gasteiger partial charge is 0.354 e. The molecule has 1 N–H and O–H groups in total. The lowest BCUT2D eigenvalue weighted by Crippen LogP contribution is -2.53. The number of unbranched alkanes of at least 4 members (excludes halogenated alkanes) is 1. The van der Waals surface area contributed by atoms with Crippen molar-refractivity contribution in [3.8, 4) is 0 Å². The Kier molecular flexibility index (Phi) is 8.81. The highest BCUT2D eigenvalue weighted by Gasteiger charge is 2.43. The molecule has 0 aliphatic carbocycles. The number of amides is 3. The quantitative estimate of drug-likeness (QED) is 0.369. The Morgan fingerprint density at radius 1 is 0.923 bits per heavy atom. The summed E-state index contributed by atoms with van der Waals surface area (Å²) in [6.45, 7) is 3.81. The molecule has 0 fully saturated rings. The van der Waals surface area contributed by atoms with Crippen molar-refractivity contribution in [1.82, 2.24) is 14.5 Å². The molecule has 1 atom stereocenters. The van der Waals surface area contributed by atoms with Crippen LogP contribution in [0.5, 0.6) is 0 Å². The van der Waals surface area contributed by atoms with Crippen molar-refractivity contribution in [2.24, 2.45) is 0 Å². The highest BCUT2D eigenvalue weighted by atomic mass is 32.2. The summed E-state index contributed by atoms with van der Waals surface area (Å²) in [4.78, 5) is 41.7. The highest BCUT2D eigenvalue weighted by molar-refractivity contribution is 7.90. The van der Waals surface area contributed by atoms with E-state index in [-0.39, 0.29) is 29.3 Å². The predicted octanol–water partition coefficient (Wildman–Crippen LogP) is 3.70. The lowest BCUT2D eigenvalue weighted by atomic mass is 10.0. The van der Waals surface area contributed by atoms with Gasteiger partial charge in [-0.25, -0.2) is 12.7 Å². The van der Waals surface area contributed by atoms with Crippen LogP contribution in [0.15, 0.2) is 83.8 Å². The van der Waals surface area contributed by atoms with E-state index >= 15 is 0 Å². The van der Waals surface area contributed by atoms with Gasteiger partial charge in [-0.1, -0.05) is 85.6 Å². The normalized spacial score (nSPS) is 14.5. The zero-order valence-corrected chi connectivity index (χ0v) is 23.0. The van der Waals surface area contributed by atoms with Crippen LogP contribution in [0.2, 0.25) is 0 Å². The molecule has 1 heterocycles. The lowest BCUT2D eigenvalue weighted by molar-refractivity contribution is -0.141. The summed E-state index contributed by atoms with van der Waals surface area (Å²) < 4.78 is 27.0. The number of carbonyl (C=O) groups is 3. The minimum Gasteiger partial charge on any atom is -0.354 e. The third kappa shape index (κ3) is 6.37. The molecule has 4 rings (SSSR count). The molecule has 0 saturated heterocycles. The second-order valence-corrected chi connectivity index (χ2v) is 11.5. The minimum absolute atomic E-state index is 0.0357. The fourth-order valence-electron chi connectivity index (χ4n) is 4.55. The van der Waals surface area contributed by atoms with E-state index in [0.717, 1.165) is 29.5 Å². The Balaban J connectivity index is 1.69. The summed E-state index contributed by atoms with van der Waals surface area (Å²) in [6.07, 6.45) is 1.91. The summed E-state index contributed by atoms with van der Waals surface area (Å²) >= 11 is 0. The molecule has 0 radical (unpaired) electrons. The summed E-state index contributed by atoms with van der Waals surface area (Å²) in [5, 5.41) is 2.94. The van der Waals surface area contributed by atoms with Crippen molar-refractivity contribution >= 4 is 27.7 Å². The molecule has 39 heavy (non-hydrogen) atoms. The molecular weight excluding hydrogens is 514 g/mol. The van der Waals surface area contributed by atoms with Crippen LogP contribution in [0, 0.1) is 6.92 Å². The minimum atomic E-state index is -4.19. The number of carbonyl (C=O) groups excluding carboxylic acids is 3. The number of sulfonamides is 1. The number of hydrogen-bond donors (Lipinski definition) is 1. The third-order valence-electron chi connectivity index (χ3n) is 6.77. The number of hydrogen-bond acceptors (Lipinski definition) is 5. The topological polar surface area (TPSA) is 104 Å². The Labute approximate surface area is 229 Å². The van der Waals surface area contributed by atoms with Crippen LogP contribution in [0.1, 0.15) is 46.8 Å². The van der Waals surface area contributed by atoms with E-state index in [1.807, 2.05) is 68.4 Å². The lowest BCUT2D eigenvalue weighted by Gasteiger charge is -2.32. The number of nitrogens with zero attached hydrogens (tertiary/aromatic N) is 2. The first kappa shape index (κ1) is 28.0. The van der Waals surface area contributed by atoms with Gasteiger partial charge in [0, 0.05) is 19.5 Å². The predicted molar refractivity (Wildman–Crippen MR) is 148 cm³/mol. The fourth-order valence-corrected chi connectivity index (χ4v) is 6.07.